The summed E-state index contributed by atoms with van der Waals surface area (Å²) in [6.07, 6.45) is 10.8. The fourth-order valence-electron chi connectivity index (χ4n) is 3.47. The monoisotopic (exact) mass is 336 g/mol. The van der Waals surface area contributed by atoms with E-state index in [0.29, 0.717) is 6.04 Å². The lowest BCUT2D eigenvalue weighted by Gasteiger charge is -2.28. The van der Waals surface area contributed by atoms with E-state index in [1.54, 1.807) is 0 Å². The number of hydrogen-bond donors (Lipinski definition) is 1. The van der Waals surface area contributed by atoms with E-state index in [0.717, 1.165) is 18.1 Å². The Kier molecular flexibility index (Phi) is 9.03. The largest absolute Gasteiger partial charge is 0.315 e. The molecule has 3 heteroatoms. The molecule has 1 heterocycles. The Balaban J connectivity index is 1.73. The highest BCUT2D eigenvalue weighted by Gasteiger charge is 2.22. The molecular formula is C20H33ClN2. The number of unbranched alkanes of at least 4 members (excludes halogenated alkanes) is 5. The fourth-order valence-corrected chi connectivity index (χ4v) is 3.59. The Morgan fingerprint density at radius 3 is 2.35 bits per heavy atom. The van der Waals surface area contributed by atoms with E-state index in [2.05, 4.69) is 29.3 Å². The third kappa shape index (κ3) is 6.82. The smallest absolute Gasteiger partial charge is 0.0472 e. The lowest BCUT2D eigenvalue weighted by molar-refractivity contribution is 0.238. The first kappa shape index (κ1) is 18.8. The molecule has 1 fully saturated rings. The van der Waals surface area contributed by atoms with E-state index in [9.17, 15) is 0 Å². The van der Waals surface area contributed by atoms with Gasteiger partial charge in [0.05, 0.1) is 0 Å². The Labute approximate surface area is 147 Å². The lowest BCUT2D eigenvalue weighted by Crippen LogP contribution is -2.34. The van der Waals surface area contributed by atoms with Gasteiger partial charge < -0.3 is 5.32 Å². The van der Waals surface area contributed by atoms with Gasteiger partial charge in [0.2, 0.25) is 0 Å². The summed E-state index contributed by atoms with van der Waals surface area (Å²) in [4.78, 5) is 2.62. The van der Waals surface area contributed by atoms with Crippen molar-refractivity contribution in [2.75, 3.05) is 26.2 Å². The van der Waals surface area contributed by atoms with Gasteiger partial charge in [-0.3, -0.25) is 4.90 Å². The molecule has 0 amide bonds. The van der Waals surface area contributed by atoms with Crippen LogP contribution in [0.3, 0.4) is 0 Å². The van der Waals surface area contributed by atoms with Crippen LogP contribution in [0.25, 0.3) is 0 Å². The summed E-state index contributed by atoms with van der Waals surface area (Å²) in [6.45, 7) is 6.93. The van der Waals surface area contributed by atoms with E-state index in [1.807, 2.05) is 12.1 Å². The van der Waals surface area contributed by atoms with Crippen LogP contribution in [0, 0.1) is 0 Å². The first-order chi connectivity index (χ1) is 11.3. The van der Waals surface area contributed by atoms with E-state index in [4.69, 9.17) is 11.6 Å². The van der Waals surface area contributed by atoms with E-state index < -0.39 is 0 Å². The summed E-state index contributed by atoms with van der Waals surface area (Å²) < 4.78 is 0. The molecule has 1 unspecified atom stereocenters. The molecule has 1 N–H and O–H groups in total. The molecule has 130 valence electrons. The molecule has 23 heavy (non-hydrogen) atoms. The van der Waals surface area contributed by atoms with Crippen molar-refractivity contribution in [2.24, 2.45) is 0 Å². The van der Waals surface area contributed by atoms with E-state index in [-0.39, 0.29) is 0 Å². The minimum atomic E-state index is 0.495. The van der Waals surface area contributed by atoms with Crippen LogP contribution in [0.1, 0.15) is 69.9 Å². The van der Waals surface area contributed by atoms with Crippen LogP contribution in [0.4, 0.5) is 0 Å². The van der Waals surface area contributed by atoms with Gasteiger partial charge in [0.15, 0.2) is 0 Å². The third-order valence-corrected chi connectivity index (χ3v) is 5.13. The quantitative estimate of drug-likeness (QED) is 0.542. The zero-order valence-electron chi connectivity index (χ0n) is 14.7. The van der Waals surface area contributed by atoms with Gasteiger partial charge in [0.25, 0.3) is 0 Å². The Morgan fingerprint density at radius 2 is 1.65 bits per heavy atom. The molecule has 1 aromatic rings. The van der Waals surface area contributed by atoms with Crippen molar-refractivity contribution in [2.45, 2.75) is 64.3 Å². The number of hydrogen-bond acceptors (Lipinski definition) is 2. The fraction of sp³-hybridized carbons (Fsp3) is 0.700. The molecule has 2 rings (SSSR count). The number of likely N-dealkylation sites (tertiary alicyclic amines) is 1. The van der Waals surface area contributed by atoms with Crippen LogP contribution in [0.2, 0.25) is 5.02 Å². The van der Waals surface area contributed by atoms with Crippen molar-refractivity contribution in [1.29, 1.82) is 0 Å². The molecule has 1 atom stereocenters. The van der Waals surface area contributed by atoms with Crippen LogP contribution in [-0.4, -0.2) is 31.1 Å². The highest BCUT2D eigenvalue weighted by molar-refractivity contribution is 6.30. The Morgan fingerprint density at radius 1 is 1.00 bits per heavy atom. The molecule has 0 spiro atoms. The first-order valence-corrected chi connectivity index (χ1v) is 9.89. The molecule has 0 saturated carbocycles. The number of benzene rings is 1. The molecule has 1 aliphatic heterocycles. The van der Waals surface area contributed by atoms with Crippen molar-refractivity contribution < 1.29 is 0 Å². The molecule has 1 aromatic carbocycles. The first-order valence-electron chi connectivity index (χ1n) is 9.51. The SMILES string of the molecule is CCCCCCCCNCC(c1ccc(Cl)cc1)N1CCCC1. The van der Waals surface area contributed by atoms with Gasteiger partial charge in [-0.15, -0.1) is 0 Å². The second kappa shape index (κ2) is 11.1. The summed E-state index contributed by atoms with van der Waals surface area (Å²) in [5.74, 6) is 0. The molecule has 0 bridgehead atoms. The van der Waals surface area contributed by atoms with Crippen molar-refractivity contribution in [1.82, 2.24) is 10.2 Å². The van der Waals surface area contributed by atoms with Gasteiger partial charge in [-0.25, -0.2) is 0 Å². The highest BCUT2D eigenvalue weighted by atomic mass is 35.5. The number of nitrogens with zero attached hydrogens (tertiary/aromatic N) is 1. The molecule has 0 aromatic heterocycles. The van der Waals surface area contributed by atoms with Crippen molar-refractivity contribution in [3.8, 4) is 0 Å². The second-order valence-electron chi connectivity index (χ2n) is 6.78. The zero-order chi connectivity index (χ0) is 16.3. The average molecular weight is 337 g/mol. The normalized spacial score (nSPS) is 16.8. The van der Waals surface area contributed by atoms with Crippen LogP contribution in [0.15, 0.2) is 24.3 Å². The van der Waals surface area contributed by atoms with Gasteiger partial charge in [-0.05, 0) is 56.6 Å². The molecule has 2 nitrogen and oxygen atoms in total. The predicted octanol–water partition coefficient (Wildman–Crippen LogP) is 5.43. The van der Waals surface area contributed by atoms with Gasteiger partial charge in [0.1, 0.15) is 0 Å². The molecular weight excluding hydrogens is 304 g/mol. The van der Waals surface area contributed by atoms with Crippen LogP contribution in [-0.2, 0) is 0 Å². The number of nitrogens with one attached hydrogen (secondary N) is 1. The average Bonchev–Trinajstić information content (AvgIpc) is 3.09. The lowest BCUT2D eigenvalue weighted by atomic mass is 10.1. The van der Waals surface area contributed by atoms with Crippen LogP contribution in [0.5, 0.6) is 0 Å². The van der Waals surface area contributed by atoms with Gasteiger partial charge in [-0.2, -0.15) is 0 Å². The standard InChI is InChI=1S/C20H33ClN2/c1-2-3-4-5-6-7-14-22-17-20(23-15-8-9-16-23)18-10-12-19(21)13-11-18/h10-13,20,22H,2-9,14-17H2,1H3. The van der Waals surface area contributed by atoms with Crippen molar-refractivity contribution in [3.05, 3.63) is 34.9 Å². The van der Waals surface area contributed by atoms with Crippen molar-refractivity contribution >= 4 is 11.6 Å². The van der Waals surface area contributed by atoms with Gasteiger partial charge in [-0.1, -0.05) is 62.8 Å². The van der Waals surface area contributed by atoms with Gasteiger partial charge in [0, 0.05) is 17.6 Å². The van der Waals surface area contributed by atoms with Crippen LogP contribution < -0.4 is 5.32 Å². The predicted molar refractivity (Wildman–Crippen MR) is 101 cm³/mol. The molecule has 1 aliphatic rings. The molecule has 1 saturated heterocycles. The summed E-state index contributed by atoms with van der Waals surface area (Å²) >= 11 is 6.04. The second-order valence-corrected chi connectivity index (χ2v) is 7.22. The highest BCUT2D eigenvalue weighted by Crippen LogP contribution is 2.25. The summed E-state index contributed by atoms with van der Waals surface area (Å²) in [6, 6.07) is 8.92. The number of rotatable bonds is 11. The Bertz CT molecular complexity index is 412. The maximum Gasteiger partial charge on any atom is 0.0472 e. The minimum Gasteiger partial charge on any atom is -0.315 e. The summed E-state index contributed by atoms with van der Waals surface area (Å²) in [5, 5.41) is 4.52. The summed E-state index contributed by atoms with van der Waals surface area (Å²) in [5.41, 5.74) is 1.40. The summed E-state index contributed by atoms with van der Waals surface area (Å²) in [7, 11) is 0. The maximum absolute atomic E-state index is 6.04. The Hall–Kier alpha value is -0.570. The van der Waals surface area contributed by atoms with E-state index in [1.165, 1.54) is 70.0 Å². The minimum absolute atomic E-state index is 0.495. The molecule has 0 aliphatic carbocycles. The van der Waals surface area contributed by atoms with Crippen molar-refractivity contribution in [3.63, 3.8) is 0 Å². The zero-order valence-corrected chi connectivity index (χ0v) is 15.5. The third-order valence-electron chi connectivity index (χ3n) is 4.88. The van der Waals surface area contributed by atoms with Crippen LogP contribution >= 0.6 is 11.6 Å². The molecule has 0 radical (unpaired) electrons. The number of halogens is 1. The maximum atomic E-state index is 6.04. The topological polar surface area (TPSA) is 15.3 Å². The van der Waals surface area contributed by atoms with Gasteiger partial charge >= 0.3 is 0 Å². The van der Waals surface area contributed by atoms with E-state index >= 15 is 0 Å².